The van der Waals surface area contributed by atoms with Gasteiger partial charge in [-0.3, -0.25) is 0 Å². The van der Waals surface area contributed by atoms with E-state index < -0.39 is 84.6 Å². The highest BCUT2D eigenvalue weighted by Crippen LogP contribution is 2.71. The van der Waals surface area contributed by atoms with Gasteiger partial charge in [0.15, 0.2) is 18.4 Å². The molecule has 0 amide bonds. The molecule has 4 saturated carbocycles. The molecule has 4 aliphatic carbocycles. The monoisotopic (exact) mass is 674 g/mol. The predicted molar refractivity (Wildman–Crippen MR) is 164 cm³/mol. The maximum Gasteiger partial charge on any atom is 0.189 e. The Morgan fingerprint density at radius 1 is 0.936 bits per heavy atom. The second kappa shape index (κ2) is 12.6. The van der Waals surface area contributed by atoms with Gasteiger partial charge >= 0.3 is 0 Å². The molecule has 2 saturated heterocycles. The summed E-state index contributed by atoms with van der Waals surface area (Å²) in [5.41, 5.74) is -2.53. The van der Waals surface area contributed by atoms with Gasteiger partial charge in [0.2, 0.25) is 0 Å². The lowest BCUT2D eigenvalue weighted by molar-refractivity contribution is -0.338. The second-order valence-electron chi connectivity index (χ2n) is 16.4. The Bertz CT molecular complexity index is 1130. The van der Waals surface area contributed by atoms with E-state index in [1.54, 1.807) is 14.0 Å². The van der Waals surface area contributed by atoms with E-state index in [4.69, 9.17) is 18.9 Å². The summed E-state index contributed by atoms with van der Waals surface area (Å²) in [6.07, 6.45) is -7.59. The molecule has 20 atom stereocenters. The highest BCUT2D eigenvalue weighted by Gasteiger charge is 2.73. The van der Waals surface area contributed by atoms with Gasteiger partial charge in [-0.2, -0.15) is 0 Å². The number of rotatable bonds is 8. The lowest BCUT2D eigenvalue weighted by Crippen LogP contribution is -2.73. The first kappa shape index (κ1) is 36.3. The number of methoxy groups -OCH3 is 1. The van der Waals surface area contributed by atoms with E-state index >= 15 is 0 Å². The van der Waals surface area contributed by atoms with Gasteiger partial charge < -0.3 is 64.9 Å². The van der Waals surface area contributed by atoms with Crippen LogP contribution in [0.3, 0.4) is 0 Å². The van der Waals surface area contributed by atoms with Crippen molar-refractivity contribution in [1.82, 2.24) is 0 Å². The molecule has 272 valence electrons. The van der Waals surface area contributed by atoms with Crippen LogP contribution in [-0.2, 0) is 18.9 Å². The number of hydrogen-bond acceptors (Lipinski definition) is 13. The summed E-state index contributed by atoms with van der Waals surface area (Å²) in [5.74, 6) is -0.561. The van der Waals surface area contributed by atoms with Crippen LogP contribution in [0, 0.1) is 46.3 Å². The van der Waals surface area contributed by atoms with Crippen LogP contribution in [0.15, 0.2) is 0 Å². The van der Waals surface area contributed by atoms with E-state index in [-0.39, 0.29) is 41.6 Å². The van der Waals surface area contributed by atoms with Crippen LogP contribution < -0.4 is 0 Å². The fraction of sp³-hybridized carbons (Fsp3) is 1.00. The predicted octanol–water partition coefficient (Wildman–Crippen LogP) is -0.399. The largest absolute Gasteiger partial charge is 0.394 e. The topological polar surface area (TPSA) is 219 Å². The summed E-state index contributed by atoms with van der Waals surface area (Å²) >= 11 is 0. The molecule has 6 rings (SSSR count). The summed E-state index contributed by atoms with van der Waals surface area (Å²) in [5, 5.41) is 95.3. The molecule has 2 heterocycles. The minimum absolute atomic E-state index is 0.00354. The maximum atomic E-state index is 11.8. The zero-order valence-corrected chi connectivity index (χ0v) is 28.3. The highest BCUT2D eigenvalue weighted by atomic mass is 16.7. The fourth-order valence-electron chi connectivity index (χ4n) is 11.7. The molecule has 6 fully saturated rings. The molecule has 0 aromatic carbocycles. The van der Waals surface area contributed by atoms with E-state index in [1.165, 1.54) is 0 Å². The van der Waals surface area contributed by atoms with Crippen LogP contribution in [0.2, 0.25) is 0 Å². The number of aliphatic hydroxyl groups excluding tert-OH is 8. The number of aliphatic hydroxyl groups is 9. The SMILES string of the molecule is CO[C@]1(CC[C@H](C)[C@H](O)O[C@@H]2O[C@H](CO)[C@@H](O)[C@H](O)[C@H]2O)O[C@H]2C[C@H]3[C@@H]4CC[C@]5(O)[C@@H](O)[C@@H](O)C[C@@H](O)[C@]5(C)[C@H]4CC[C@]3(C)[C@H]2[C@@H]1C. The Morgan fingerprint density at radius 3 is 2.30 bits per heavy atom. The standard InChI is InChI=1S/C34H58O13/c1-15(29(42)46-30-27(40)26(39)25(38)22(14-35)45-30)6-11-34(44-5)16(2)24-21(47-34)12-19-17-7-10-33(43)28(41)20(36)13-23(37)32(33,4)18(17)8-9-31(19,24)3/h15-30,35-43H,6-14H2,1-5H3/t15-,16-,17+,18-,19-,20-,21-,22+,23+,24-,25+,26-,27+,28-,29+,30-,31-,32-,33-,34+/m0/s1. The Hall–Kier alpha value is -0.520. The van der Waals surface area contributed by atoms with Crippen molar-refractivity contribution in [3.8, 4) is 0 Å². The van der Waals surface area contributed by atoms with Gasteiger partial charge in [-0.05, 0) is 67.6 Å². The lowest BCUT2D eigenvalue weighted by Gasteiger charge is -2.66. The van der Waals surface area contributed by atoms with Crippen molar-refractivity contribution in [3.63, 3.8) is 0 Å². The molecular formula is C34H58O13. The zero-order valence-electron chi connectivity index (χ0n) is 28.3. The summed E-state index contributed by atoms with van der Waals surface area (Å²) in [4.78, 5) is 0. The van der Waals surface area contributed by atoms with Crippen LogP contribution in [0.4, 0.5) is 0 Å². The molecule has 0 aromatic heterocycles. The summed E-state index contributed by atoms with van der Waals surface area (Å²) in [6.45, 7) is 7.63. The van der Waals surface area contributed by atoms with Crippen LogP contribution in [0.1, 0.15) is 79.1 Å². The molecule has 0 bridgehead atoms. The Morgan fingerprint density at radius 2 is 1.64 bits per heavy atom. The van der Waals surface area contributed by atoms with E-state index in [2.05, 4.69) is 13.8 Å². The van der Waals surface area contributed by atoms with Crippen molar-refractivity contribution in [3.05, 3.63) is 0 Å². The first-order chi connectivity index (χ1) is 22.0. The first-order valence-corrected chi connectivity index (χ1v) is 17.6. The van der Waals surface area contributed by atoms with Gasteiger partial charge in [0, 0.05) is 37.2 Å². The van der Waals surface area contributed by atoms with Gasteiger partial charge in [-0.25, -0.2) is 0 Å². The zero-order chi connectivity index (χ0) is 34.4. The molecular weight excluding hydrogens is 616 g/mol. The third-order valence-corrected chi connectivity index (χ3v) is 14.6. The molecule has 13 heteroatoms. The minimum atomic E-state index is -1.61. The normalized spacial score (nSPS) is 57.1. The molecule has 6 aliphatic rings. The van der Waals surface area contributed by atoms with Crippen LogP contribution in [0.5, 0.6) is 0 Å². The van der Waals surface area contributed by atoms with Gasteiger partial charge in [0.1, 0.15) is 36.1 Å². The van der Waals surface area contributed by atoms with E-state index in [1.807, 2.05) is 6.92 Å². The number of ether oxygens (including phenoxy) is 4. The molecule has 2 aliphatic heterocycles. The van der Waals surface area contributed by atoms with Gasteiger partial charge in [0.25, 0.3) is 0 Å². The van der Waals surface area contributed by atoms with Gasteiger partial charge in [0.05, 0.1) is 24.9 Å². The quantitative estimate of drug-likeness (QED) is 0.150. The molecule has 13 nitrogen and oxygen atoms in total. The molecule has 0 unspecified atom stereocenters. The summed E-state index contributed by atoms with van der Waals surface area (Å²) < 4.78 is 24.0. The smallest absolute Gasteiger partial charge is 0.189 e. The van der Waals surface area contributed by atoms with Crippen molar-refractivity contribution in [2.75, 3.05) is 13.7 Å². The van der Waals surface area contributed by atoms with Crippen molar-refractivity contribution in [2.24, 2.45) is 46.3 Å². The lowest BCUT2D eigenvalue weighted by atomic mass is 9.41. The van der Waals surface area contributed by atoms with Crippen molar-refractivity contribution in [2.45, 2.75) is 152 Å². The van der Waals surface area contributed by atoms with E-state index in [9.17, 15) is 46.0 Å². The van der Waals surface area contributed by atoms with Gasteiger partial charge in [-0.15, -0.1) is 0 Å². The third kappa shape index (κ3) is 5.21. The number of hydrogen-bond donors (Lipinski definition) is 9. The van der Waals surface area contributed by atoms with Crippen molar-refractivity contribution >= 4 is 0 Å². The highest BCUT2D eigenvalue weighted by molar-refractivity contribution is 5.21. The van der Waals surface area contributed by atoms with Crippen LogP contribution in [0.25, 0.3) is 0 Å². The Balaban J connectivity index is 1.12. The van der Waals surface area contributed by atoms with Crippen molar-refractivity contribution < 1.29 is 64.9 Å². The van der Waals surface area contributed by atoms with Crippen LogP contribution in [-0.4, -0.2) is 132 Å². The number of fused-ring (bicyclic) bond motifs is 7. The minimum Gasteiger partial charge on any atom is -0.394 e. The molecule has 9 N–H and O–H groups in total. The average molecular weight is 675 g/mol. The van der Waals surface area contributed by atoms with E-state index in [0.717, 1.165) is 19.3 Å². The second-order valence-corrected chi connectivity index (χ2v) is 16.4. The summed E-state index contributed by atoms with van der Waals surface area (Å²) in [6, 6.07) is 0. The summed E-state index contributed by atoms with van der Waals surface area (Å²) in [7, 11) is 1.65. The Labute approximate surface area is 276 Å². The Kier molecular flexibility index (Phi) is 9.73. The molecule has 47 heavy (non-hydrogen) atoms. The molecule has 0 aromatic rings. The third-order valence-electron chi connectivity index (χ3n) is 14.6. The average Bonchev–Trinajstić information content (AvgIpc) is 3.50. The van der Waals surface area contributed by atoms with Gasteiger partial charge in [-0.1, -0.05) is 27.7 Å². The molecule has 0 spiro atoms. The van der Waals surface area contributed by atoms with Crippen molar-refractivity contribution in [1.29, 1.82) is 0 Å². The van der Waals surface area contributed by atoms with Crippen LogP contribution >= 0.6 is 0 Å². The van der Waals surface area contributed by atoms with E-state index in [0.29, 0.717) is 31.6 Å². The first-order valence-electron chi connectivity index (χ1n) is 17.6. The molecule has 0 radical (unpaired) electrons. The fourth-order valence-corrected chi connectivity index (χ4v) is 11.7. The maximum absolute atomic E-state index is 11.8.